The molecule has 4 aromatic rings. The zero-order valence-corrected chi connectivity index (χ0v) is 22.4. The average Bonchev–Trinajstić information content (AvgIpc) is 3.26. The van der Waals surface area contributed by atoms with Crippen LogP contribution in [-0.2, 0) is 9.59 Å². The maximum atomic E-state index is 12.3. The molecular weight excluding hydrogens is 482 g/mol. The van der Waals surface area contributed by atoms with Crippen molar-refractivity contribution in [2.24, 2.45) is 5.92 Å². The molecule has 3 aromatic carbocycles. The van der Waals surface area contributed by atoms with Gasteiger partial charge in [-0.25, -0.2) is 0 Å². The average molecular weight is 514 g/mol. The van der Waals surface area contributed by atoms with Crippen molar-refractivity contribution in [3.63, 3.8) is 0 Å². The summed E-state index contributed by atoms with van der Waals surface area (Å²) in [5.41, 5.74) is 5.03. The number of benzene rings is 3. The van der Waals surface area contributed by atoms with Gasteiger partial charge in [0.05, 0.1) is 25.5 Å². The second-order valence-corrected chi connectivity index (χ2v) is 9.16. The number of carbonyl (C=O) groups is 2. The number of nitrogens with one attached hydrogen (secondary N) is 1. The first-order valence-electron chi connectivity index (χ1n) is 12.2. The Bertz CT molecular complexity index is 1470. The van der Waals surface area contributed by atoms with Gasteiger partial charge < -0.3 is 19.5 Å². The van der Waals surface area contributed by atoms with Crippen LogP contribution in [-0.4, -0.2) is 35.9 Å². The van der Waals surface area contributed by atoms with Crippen LogP contribution >= 0.6 is 0 Å². The van der Waals surface area contributed by atoms with E-state index in [1.165, 1.54) is 6.92 Å². The van der Waals surface area contributed by atoms with Crippen molar-refractivity contribution in [1.82, 2.24) is 9.78 Å². The Labute approximate surface area is 222 Å². The van der Waals surface area contributed by atoms with E-state index >= 15 is 0 Å². The topological polar surface area (TPSA) is 91.7 Å². The fourth-order valence-corrected chi connectivity index (χ4v) is 4.02. The lowest BCUT2D eigenvalue weighted by Crippen LogP contribution is -2.17. The van der Waals surface area contributed by atoms with Crippen LogP contribution in [0, 0.1) is 12.8 Å². The molecule has 1 N–H and O–H groups in total. The molecule has 0 saturated heterocycles. The van der Waals surface area contributed by atoms with Gasteiger partial charge in [-0.1, -0.05) is 38.1 Å². The molecule has 1 amide bonds. The van der Waals surface area contributed by atoms with E-state index in [9.17, 15) is 9.59 Å². The van der Waals surface area contributed by atoms with E-state index < -0.39 is 5.97 Å². The number of methoxy groups -OCH3 is 2. The van der Waals surface area contributed by atoms with Crippen LogP contribution in [0.5, 0.6) is 17.4 Å². The number of aryl methyl sites for hydroxylation is 1. The van der Waals surface area contributed by atoms with Crippen LogP contribution in [0.3, 0.4) is 0 Å². The summed E-state index contributed by atoms with van der Waals surface area (Å²) in [6.45, 7) is 7.01. The predicted molar refractivity (Wildman–Crippen MR) is 147 cm³/mol. The zero-order valence-electron chi connectivity index (χ0n) is 22.4. The van der Waals surface area contributed by atoms with Gasteiger partial charge in [-0.3, -0.25) is 9.59 Å². The standard InChI is InChI=1S/C30H31N3O5/c1-18(2)29(35)31-22-12-10-21(11-13-22)27-28(25-15-14-24(36-5)17-26(25)37-6)32-33(30(27)38-20(4)34)23-9-7-8-19(3)16-23/h7-18H,1-6H3,(H,31,35). The third-order valence-electron chi connectivity index (χ3n) is 5.96. The summed E-state index contributed by atoms with van der Waals surface area (Å²) in [4.78, 5) is 24.5. The first-order valence-corrected chi connectivity index (χ1v) is 12.2. The fraction of sp³-hybridized carbons (Fsp3) is 0.233. The maximum absolute atomic E-state index is 12.3. The Morgan fingerprint density at radius 1 is 0.947 bits per heavy atom. The second-order valence-electron chi connectivity index (χ2n) is 9.16. The highest BCUT2D eigenvalue weighted by Crippen LogP contribution is 2.44. The van der Waals surface area contributed by atoms with Gasteiger partial charge >= 0.3 is 5.97 Å². The zero-order chi connectivity index (χ0) is 27.4. The Morgan fingerprint density at radius 3 is 2.29 bits per heavy atom. The van der Waals surface area contributed by atoms with Crippen LogP contribution < -0.4 is 19.5 Å². The lowest BCUT2D eigenvalue weighted by Gasteiger charge is -2.12. The molecule has 4 rings (SSSR count). The first-order chi connectivity index (χ1) is 18.2. The van der Waals surface area contributed by atoms with Crippen molar-refractivity contribution in [2.45, 2.75) is 27.7 Å². The van der Waals surface area contributed by atoms with Crippen LogP contribution in [0.2, 0.25) is 0 Å². The minimum absolute atomic E-state index is 0.0747. The molecule has 0 saturated carbocycles. The van der Waals surface area contributed by atoms with Gasteiger partial charge in [0.1, 0.15) is 17.2 Å². The molecule has 0 fully saturated rings. The number of hydrogen-bond acceptors (Lipinski definition) is 6. The summed E-state index contributed by atoms with van der Waals surface area (Å²) in [6, 6.07) is 20.6. The molecule has 0 aliphatic carbocycles. The van der Waals surface area contributed by atoms with E-state index in [0.717, 1.165) is 16.8 Å². The number of aromatic nitrogens is 2. The molecule has 0 aliphatic heterocycles. The quantitative estimate of drug-likeness (QED) is 0.288. The lowest BCUT2D eigenvalue weighted by atomic mass is 10.00. The summed E-state index contributed by atoms with van der Waals surface area (Å²) in [5.74, 6) is 0.760. The van der Waals surface area contributed by atoms with Gasteiger partial charge in [0.25, 0.3) is 0 Å². The first kappa shape index (κ1) is 26.5. The van der Waals surface area contributed by atoms with Gasteiger partial charge in [-0.2, -0.15) is 9.78 Å². The molecule has 0 unspecified atom stereocenters. The lowest BCUT2D eigenvalue weighted by molar-refractivity contribution is -0.132. The number of esters is 1. The Balaban J connectivity index is 1.97. The van der Waals surface area contributed by atoms with Crippen LogP contribution in [0.25, 0.3) is 28.1 Å². The van der Waals surface area contributed by atoms with E-state index in [1.807, 2.05) is 81.4 Å². The highest BCUT2D eigenvalue weighted by molar-refractivity contribution is 5.93. The van der Waals surface area contributed by atoms with Gasteiger partial charge in [0, 0.05) is 30.2 Å². The van der Waals surface area contributed by atoms with Crippen molar-refractivity contribution in [3.8, 4) is 45.5 Å². The number of rotatable bonds is 8. The van der Waals surface area contributed by atoms with Crippen molar-refractivity contribution in [3.05, 3.63) is 72.3 Å². The molecule has 0 aliphatic rings. The van der Waals surface area contributed by atoms with Crippen LogP contribution in [0.15, 0.2) is 66.7 Å². The van der Waals surface area contributed by atoms with Gasteiger partial charge in [0.2, 0.25) is 11.8 Å². The number of amides is 1. The van der Waals surface area contributed by atoms with E-state index in [4.69, 9.17) is 19.3 Å². The summed E-state index contributed by atoms with van der Waals surface area (Å²) >= 11 is 0. The molecule has 8 nitrogen and oxygen atoms in total. The molecule has 1 heterocycles. The van der Waals surface area contributed by atoms with Crippen LogP contribution in [0.4, 0.5) is 5.69 Å². The van der Waals surface area contributed by atoms with Crippen molar-refractivity contribution >= 4 is 17.6 Å². The van der Waals surface area contributed by atoms with E-state index in [-0.39, 0.29) is 17.7 Å². The number of ether oxygens (including phenoxy) is 3. The minimum atomic E-state index is -0.478. The van der Waals surface area contributed by atoms with E-state index in [2.05, 4.69) is 5.32 Å². The van der Waals surface area contributed by atoms with Crippen LogP contribution in [0.1, 0.15) is 26.3 Å². The number of nitrogens with zero attached hydrogens (tertiary/aromatic N) is 2. The molecular formula is C30H31N3O5. The Morgan fingerprint density at radius 2 is 1.68 bits per heavy atom. The normalized spacial score (nSPS) is 10.8. The van der Waals surface area contributed by atoms with Gasteiger partial charge in [0.15, 0.2) is 0 Å². The fourth-order valence-electron chi connectivity index (χ4n) is 4.02. The Hall–Kier alpha value is -4.59. The molecule has 196 valence electrons. The number of anilines is 1. The van der Waals surface area contributed by atoms with E-state index in [1.54, 1.807) is 25.0 Å². The second kappa shape index (κ2) is 11.2. The molecule has 0 spiro atoms. The smallest absolute Gasteiger partial charge is 0.309 e. The van der Waals surface area contributed by atoms with Gasteiger partial charge in [-0.05, 0) is 54.4 Å². The molecule has 8 heteroatoms. The third kappa shape index (κ3) is 5.54. The molecule has 0 radical (unpaired) electrons. The summed E-state index contributed by atoms with van der Waals surface area (Å²) in [5, 5.41) is 7.83. The molecule has 0 bridgehead atoms. The molecule has 1 aromatic heterocycles. The summed E-state index contributed by atoms with van der Waals surface area (Å²) < 4.78 is 18.5. The third-order valence-corrected chi connectivity index (χ3v) is 5.96. The molecule has 38 heavy (non-hydrogen) atoms. The predicted octanol–water partition coefficient (Wildman–Crippen LogP) is 6.05. The minimum Gasteiger partial charge on any atom is -0.497 e. The highest BCUT2D eigenvalue weighted by atomic mass is 16.5. The largest absolute Gasteiger partial charge is 0.497 e. The van der Waals surface area contributed by atoms with Crippen molar-refractivity contribution in [1.29, 1.82) is 0 Å². The number of carbonyl (C=O) groups excluding carboxylic acids is 2. The SMILES string of the molecule is COc1ccc(-c2nn(-c3cccc(C)c3)c(OC(C)=O)c2-c2ccc(NC(=O)C(C)C)cc2)c(OC)c1. The van der Waals surface area contributed by atoms with Crippen molar-refractivity contribution < 1.29 is 23.8 Å². The highest BCUT2D eigenvalue weighted by Gasteiger charge is 2.26. The Kier molecular flexibility index (Phi) is 7.81. The molecule has 0 atom stereocenters. The maximum Gasteiger partial charge on any atom is 0.309 e. The summed E-state index contributed by atoms with van der Waals surface area (Å²) in [7, 11) is 3.17. The monoisotopic (exact) mass is 513 g/mol. The summed E-state index contributed by atoms with van der Waals surface area (Å²) in [6.07, 6.45) is 0. The van der Waals surface area contributed by atoms with E-state index in [0.29, 0.717) is 34.0 Å². The number of hydrogen-bond donors (Lipinski definition) is 1. The van der Waals surface area contributed by atoms with Crippen molar-refractivity contribution in [2.75, 3.05) is 19.5 Å². The van der Waals surface area contributed by atoms with Gasteiger partial charge in [-0.15, -0.1) is 0 Å².